The number of benzene rings is 1. The first-order valence-electron chi connectivity index (χ1n) is 16.3. The van der Waals surface area contributed by atoms with Crippen LogP contribution in [0.5, 0.6) is 0 Å². The van der Waals surface area contributed by atoms with Gasteiger partial charge >= 0.3 is 0 Å². The van der Waals surface area contributed by atoms with Crippen molar-refractivity contribution in [3.8, 4) is 11.3 Å². The van der Waals surface area contributed by atoms with E-state index in [1.807, 2.05) is 91.1 Å². The second-order valence-electron chi connectivity index (χ2n) is 12.1. The summed E-state index contributed by atoms with van der Waals surface area (Å²) < 4.78 is 24.4. The summed E-state index contributed by atoms with van der Waals surface area (Å²) in [5, 5.41) is 14.5. The van der Waals surface area contributed by atoms with Crippen LogP contribution in [0.2, 0.25) is 0 Å². The van der Waals surface area contributed by atoms with Gasteiger partial charge in [0.2, 0.25) is 5.71 Å². The topological polar surface area (TPSA) is 76.2 Å². The second kappa shape index (κ2) is 15.4. The maximum Gasteiger partial charge on any atom is 0.216 e. The minimum atomic E-state index is -1.46. The molecule has 44 heavy (non-hydrogen) atoms. The molecule has 5 nitrogen and oxygen atoms in total. The fraction of sp³-hybridized carbons (Fsp3) is 0.432. The molecule has 0 aliphatic heterocycles. The zero-order valence-electron chi connectivity index (χ0n) is 29.0. The standard InChI is InChI=1S/C24H21N2OS.C13H24O2.Ir/c1-14-8-9-17-16-6-5-7-18(22(16)27-23(17)26-14)20-10-21-19(12-25-20)15(13-28-21)11-24(2,3)4;1-5-10(6-2)12(14)9-13(15)11(7-3)8-4;/h5-6,8-10,12-13H,11H2,1-4H3;9-11,14H,5-8H2,1-4H3;/q-1;;/b;12-9-;/i11D2;;. The summed E-state index contributed by atoms with van der Waals surface area (Å²) in [7, 11) is 0. The first kappa shape index (κ1) is 32.5. The number of fused-ring (bicyclic) bond motifs is 4. The Morgan fingerprint density at radius 2 is 1.75 bits per heavy atom. The first-order valence-corrected chi connectivity index (χ1v) is 16.2. The molecule has 4 heterocycles. The molecule has 1 aromatic carbocycles. The number of hydrogen-bond acceptors (Lipinski definition) is 6. The Morgan fingerprint density at radius 3 is 2.39 bits per heavy atom. The van der Waals surface area contributed by atoms with E-state index in [1.54, 1.807) is 17.5 Å². The zero-order chi connectivity index (χ0) is 33.1. The van der Waals surface area contributed by atoms with E-state index in [0.717, 1.165) is 69.1 Å². The number of hydrogen-bond donors (Lipinski definition) is 1. The van der Waals surface area contributed by atoms with Gasteiger partial charge in [-0.25, -0.2) is 4.98 Å². The summed E-state index contributed by atoms with van der Waals surface area (Å²) in [6, 6.07) is 13.2. The third kappa shape index (κ3) is 8.24. The van der Waals surface area contributed by atoms with Crippen LogP contribution in [0.4, 0.5) is 0 Å². The number of allylic oxidation sites excluding steroid dienone is 2. The van der Waals surface area contributed by atoms with Crippen molar-refractivity contribution in [2.24, 2.45) is 17.3 Å². The number of ketones is 1. The van der Waals surface area contributed by atoms with Crippen molar-refractivity contribution < 1.29 is 37.2 Å². The minimum absolute atomic E-state index is 0. The van der Waals surface area contributed by atoms with Crippen molar-refractivity contribution in [2.45, 2.75) is 87.4 Å². The van der Waals surface area contributed by atoms with E-state index in [4.69, 9.17) is 7.16 Å². The van der Waals surface area contributed by atoms with E-state index in [1.165, 1.54) is 6.08 Å². The van der Waals surface area contributed by atoms with E-state index in [2.05, 4.69) is 16.0 Å². The van der Waals surface area contributed by atoms with Crippen LogP contribution in [0.25, 0.3) is 43.4 Å². The molecule has 0 unspecified atom stereocenters. The number of thiophene rings is 1. The van der Waals surface area contributed by atoms with Gasteiger partial charge in [0.05, 0.1) is 11.3 Å². The summed E-state index contributed by atoms with van der Waals surface area (Å²) in [6.07, 6.45) is 5.23. The smallest absolute Gasteiger partial charge is 0.216 e. The van der Waals surface area contributed by atoms with Gasteiger partial charge in [-0.1, -0.05) is 65.5 Å². The predicted molar refractivity (Wildman–Crippen MR) is 181 cm³/mol. The van der Waals surface area contributed by atoms with Crippen LogP contribution in [-0.2, 0) is 31.3 Å². The summed E-state index contributed by atoms with van der Waals surface area (Å²) >= 11 is 1.54. The Hall–Kier alpha value is -2.86. The van der Waals surface area contributed by atoms with Gasteiger partial charge in [-0.2, -0.15) is 0 Å². The summed E-state index contributed by atoms with van der Waals surface area (Å²) in [4.78, 5) is 20.9. The Kier molecular flexibility index (Phi) is 11.4. The molecule has 1 N–H and O–H groups in total. The van der Waals surface area contributed by atoms with Gasteiger partial charge in [-0.05, 0) is 73.2 Å². The Bertz CT molecular complexity index is 1830. The minimum Gasteiger partial charge on any atom is -0.512 e. The molecule has 5 rings (SSSR count). The number of furan rings is 1. The van der Waals surface area contributed by atoms with E-state index < -0.39 is 11.8 Å². The van der Waals surface area contributed by atoms with Crippen molar-refractivity contribution >= 4 is 49.3 Å². The van der Waals surface area contributed by atoms with E-state index in [9.17, 15) is 9.90 Å². The molecular weight excluding hydrogens is 745 g/mol. The number of aryl methyl sites for hydroxylation is 1. The molecular formula is C37H45IrN2O3S-. The largest absolute Gasteiger partial charge is 0.512 e. The summed E-state index contributed by atoms with van der Waals surface area (Å²) in [5.41, 5.74) is 3.97. The summed E-state index contributed by atoms with van der Waals surface area (Å²) in [6.45, 7) is 15.8. The summed E-state index contributed by atoms with van der Waals surface area (Å²) in [5.74, 6) is 0.547. The monoisotopic (exact) mass is 792 g/mol. The number of aromatic nitrogens is 2. The maximum atomic E-state index is 11.7. The van der Waals surface area contributed by atoms with Crippen molar-refractivity contribution in [3.05, 3.63) is 71.1 Å². The first-order chi connectivity index (χ1) is 21.3. The number of aliphatic hydroxyl groups excluding tert-OH is 1. The van der Waals surface area contributed by atoms with Crippen LogP contribution in [0.1, 0.15) is 88.1 Å². The van der Waals surface area contributed by atoms with E-state index in [0.29, 0.717) is 11.3 Å². The van der Waals surface area contributed by atoms with E-state index in [-0.39, 0.29) is 43.5 Å². The van der Waals surface area contributed by atoms with Crippen LogP contribution in [0.15, 0.2) is 58.2 Å². The predicted octanol–water partition coefficient (Wildman–Crippen LogP) is 10.8. The molecule has 7 heteroatoms. The SMILES string of the molecule is CCC(CC)C(=O)/C=C(\O)C(CC)CC.[2H]C([2H])(c1csc2cc(-c3[c-]ccc4c3oc3nc(C)ccc34)ncc12)C(C)(C)C.[Ir]. The van der Waals surface area contributed by atoms with Crippen molar-refractivity contribution in [1.82, 2.24) is 9.97 Å². The Morgan fingerprint density at radius 1 is 1.07 bits per heavy atom. The molecule has 4 aromatic heterocycles. The molecule has 0 saturated carbocycles. The number of carbonyl (C=O) groups is 1. The molecule has 237 valence electrons. The molecule has 0 aliphatic rings. The van der Waals surface area contributed by atoms with Gasteiger partial charge in [0.25, 0.3) is 0 Å². The molecule has 0 fully saturated rings. The van der Waals surface area contributed by atoms with Gasteiger partial charge in [-0.15, -0.1) is 29.5 Å². The van der Waals surface area contributed by atoms with Crippen LogP contribution >= 0.6 is 11.3 Å². The molecule has 0 bridgehead atoms. The quantitative estimate of drug-likeness (QED) is 0.0914. The van der Waals surface area contributed by atoms with Crippen LogP contribution in [-0.4, -0.2) is 20.9 Å². The number of rotatable bonds is 9. The van der Waals surface area contributed by atoms with Crippen LogP contribution in [0.3, 0.4) is 0 Å². The number of pyridine rings is 2. The molecule has 5 aromatic rings. The van der Waals surface area contributed by atoms with Gasteiger partial charge in [0, 0.05) is 68.1 Å². The Balaban J connectivity index is 0.000000309. The molecule has 0 saturated heterocycles. The third-order valence-electron chi connectivity index (χ3n) is 7.75. The van der Waals surface area contributed by atoms with Gasteiger partial charge in [0.1, 0.15) is 0 Å². The number of nitrogens with zero attached hydrogens (tertiary/aromatic N) is 2. The Labute approximate surface area is 282 Å². The van der Waals surface area contributed by atoms with Crippen molar-refractivity contribution in [3.63, 3.8) is 0 Å². The zero-order valence-corrected chi connectivity index (χ0v) is 30.2. The number of aliphatic hydroxyl groups is 1. The molecule has 0 amide bonds. The second-order valence-corrected chi connectivity index (χ2v) is 13.0. The molecule has 0 aliphatic carbocycles. The average Bonchev–Trinajstić information content (AvgIpc) is 3.59. The normalized spacial score (nSPS) is 13.2. The van der Waals surface area contributed by atoms with Gasteiger partial charge in [0.15, 0.2) is 5.78 Å². The molecule has 1 radical (unpaired) electrons. The van der Waals surface area contributed by atoms with Crippen molar-refractivity contribution in [1.29, 1.82) is 0 Å². The molecule has 0 atom stereocenters. The maximum absolute atomic E-state index is 11.7. The van der Waals surface area contributed by atoms with Gasteiger partial charge < -0.3 is 14.5 Å². The third-order valence-corrected chi connectivity index (χ3v) is 8.69. The van der Waals surface area contributed by atoms with Crippen molar-refractivity contribution in [2.75, 3.05) is 0 Å². The van der Waals surface area contributed by atoms with Gasteiger partial charge in [-0.3, -0.25) is 4.79 Å². The fourth-order valence-corrected chi connectivity index (χ4v) is 6.14. The van der Waals surface area contributed by atoms with Crippen LogP contribution in [0, 0.1) is 30.2 Å². The molecule has 0 spiro atoms. The van der Waals surface area contributed by atoms with E-state index >= 15 is 0 Å². The fourth-order valence-electron chi connectivity index (χ4n) is 5.24. The van der Waals surface area contributed by atoms with Crippen LogP contribution < -0.4 is 0 Å². The average molecular weight is 792 g/mol. The number of carbonyl (C=O) groups excluding carboxylic acids is 1.